The summed E-state index contributed by atoms with van der Waals surface area (Å²) in [7, 11) is 0. The van der Waals surface area contributed by atoms with E-state index >= 15 is 0 Å². The van der Waals surface area contributed by atoms with E-state index in [0.717, 1.165) is 24.0 Å². The second-order valence-electron chi connectivity index (χ2n) is 7.84. The molecule has 1 aromatic heterocycles. The van der Waals surface area contributed by atoms with Crippen LogP contribution < -0.4 is 4.74 Å². The molecule has 1 amide bonds. The lowest BCUT2D eigenvalue weighted by atomic mass is 10.0. The van der Waals surface area contributed by atoms with E-state index in [1.165, 1.54) is 0 Å². The second-order valence-corrected chi connectivity index (χ2v) is 7.84. The van der Waals surface area contributed by atoms with Crippen LogP contribution in [-0.2, 0) is 4.79 Å². The van der Waals surface area contributed by atoms with Gasteiger partial charge in [0.15, 0.2) is 11.4 Å². The fourth-order valence-corrected chi connectivity index (χ4v) is 3.75. The zero-order valence-corrected chi connectivity index (χ0v) is 17.0. The molecule has 1 aliphatic rings. The fourth-order valence-electron chi connectivity index (χ4n) is 3.75. The summed E-state index contributed by atoms with van der Waals surface area (Å²) in [6.07, 6.45) is 1.72. The third-order valence-corrected chi connectivity index (χ3v) is 5.19. The topological polar surface area (TPSA) is 68.5 Å². The molecule has 6 nitrogen and oxygen atoms in total. The van der Waals surface area contributed by atoms with Crippen molar-refractivity contribution >= 4 is 5.91 Å². The largest absolute Gasteiger partial charge is 0.478 e. The summed E-state index contributed by atoms with van der Waals surface area (Å²) in [5.74, 6) is 1.65. The van der Waals surface area contributed by atoms with Crippen LogP contribution in [0.15, 0.2) is 59.1 Å². The van der Waals surface area contributed by atoms with Crippen molar-refractivity contribution in [2.45, 2.75) is 45.3 Å². The first-order valence-corrected chi connectivity index (χ1v) is 9.90. The first-order valence-electron chi connectivity index (χ1n) is 9.90. The lowest BCUT2D eigenvalue weighted by Gasteiger charge is -2.32. The Hall–Kier alpha value is -3.15. The molecule has 4 rings (SSSR count). The molecule has 0 aliphatic carbocycles. The molecule has 2 heterocycles. The van der Waals surface area contributed by atoms with E-state index in [0.29, 0.717) is 24.0 Å². The Morgan fingerprint density at radius 2 is 1.79 bits per heavy atom. The summed E-state index contributed by atoms with van der Waals surface area (Å²) in [5.41, 5.74) is 1.24. The van der Waals surface area contributed by atoms with Crippen LogP contribution in [0.3, 0.4) is 0 Å². The van der Waals surface area contributed by atoms with Gasteiger partial charge in [-0.25, -0.2) is 0 Å². The molecular weight excluding hydrogens is 366 g/mol. The number of rotatable bonds is 5. The van der Waals surface area contributed by atoms with Crippen LogP contribution in [-0.4, -0.2) is 33.1 Å². The van der Waals surface area contributed by atoms with Crippen molar-refractivity contribution in [1.82, 2.24) is 15.0 Å². The molecule has 0 saturated carbocycles. The summed E-state index contributed by atoms with van der Waals surface area (Å²) in [5, 5.41) is 3.86. The number of carbonyl (C=O) groups is 1. The van der Waals surface area contributed by atoms with E-state index in [2.05, 4.69) is 22.3 Å². The highest BCUT2D eigenvalue weighted by Gasteiger charge is 2.41. The Morgan fingerprint density at radius 3 is 2.45 bits per heavy atom. The summed E-state index contributed by atoms with van der Waals surface area (Å²) in [6.45, 7) is 6.04. The molecular formula is C23H25N3O3. The van der Waals surface area contributed by atoms with Crippen LogP contribution in [0.4, 0.5) is 0 Å². The van der Waals surface area contributed by atoms with Gasteiger partial charge in [0, 0.05) is 6.54 Å². The average molecular weight is 391 g/mol. The van der Waals surface area contributed by atoms with Gasteiger partial charge < -0.3 is 14.2 Å². The molecule has 0 bridgehead atoms. The van der Waals surface area contributed by atoms with Crippen molar-refractivity contribution in [1.29, 1.82) is 0 Å². The molecule has 0 unspecified atom stereocenters. The standard InChI is InChI=1S/C23H25N3O3/c1-16-24-21(29-25-16)20-10-7-15-26(20)22(27)23(2,3)28-19-13-11-18(12-14-19)17-8-5-4-6-9-17/h4-6,8-9,11-14,20H,7,10,15H2,1-3H3/t20-/m0/s1. The van der Waals surface area contributed by atoms with Crippen molar-refractivity contribution in [2.24, 2.45) is 0 Å². The van der Waals surface area contributed by atoms with E-state index in [4.69, 9.17) is 9.26 Å². The third-order valence-electron chi connectivity index (χ3n) is 5.19. The number of nitrogens with zero attached hydrogens (tertiary/aromatic N) is 3. The monoisotopic (exact) mass is 391 g/mol. The SMILES string of the molecule is Cc1noc([C@@H]2CCCN2C(=O)C(C)(C)Oc2ccc(-c3ccccc3)cc2)n1. The van der Waals surface area contributed by atoms with Crippen molar-refractivity contribution in [3.63, 3.8) is 0 Å². The normalized spacial score (nSPS) is 16.8. The van der Waals surface area contributed by atoms with E-state index in [1.54, 1.807) is 25.7 Å². The number of aromatic nitrogens is 2. The summed E-state index contributed by atoms with van der Waals surface area (Å²) in [4.78, 5) is 19.4. The van der Waals surface area contributed by atoms with Gasteiger partial charge >= 0.3 is 0 Å². The zero-order valence-electron chi connectivity index (χ0n) is 17.0. The number of hydrogen-bond acceptors (Lipinski definition) is 5. The minimum absolute atomic E-state index is 0.0806. The van der Waals surface area contributed by atoms with Gasteiger partial charge in [-0.15, -0.1) is 0 Å². The highest BCUT2D eigenvalue weighted by atomic mass is 16.5. The van der Waals surface area contributed by atoms with Crippen LogP contribution >= 0.6 is 0 Å². The van der Waals surface area contributed by atoms with Crippen molar-refractivity contribution in [3.05, 3.63) is 66.3 Å². The molecule has 3 aromatic rings. The molecule has 0 spiro atoms. The van der Waals surface area contributed by atoms with Crippen molar-refractivity contribution in [2.75, 3.05) is 6.54 Å². The van der Waals surface area contributed by atoms with Crippen LogP contribution in [0, 0.1) is 6.92 Å². The molecule has 0 N–H and O–H groups in total. The quantitative estimate of drug-likeness (QED) is 0.637. The van der Waals surface area contributed by atoms with Gasteiger partial charge in [-0.2, -0.15) is 4.98 Å². The van der Waals surface area contributed by atoms with Crippen molar-refractivity contribution in [3.8, 4) is 16.9 Å². The lowest BCUT2D eigenvalue weighted by molar-refractivity contribution is -0.147. The molecule has 29 heavy (non-hydrogen) atoms. The van der Waals surface area contributed by atoms with Crippen LogP contribution in [0.1, 0.15) is 44.4 Å². The van der Waals surface area contributed by atoms with Crippen LogP contribution in [0.2, 0.25) is 0 Å². The number of amides is 1. The van der Waals surface area contributed by atoms with Gasteiger partial charge in [0.05, 0.1) is 0 Å². The summed E-state index contributed by atoms with van der Waals surface area (Å²) in [6, 6.07) is 17.8. The molecule has 0 radical (unpaired) electrons. The number of ether oxygens (including phenoxy) is 1. The molecule has 2 aromatic carbocycles. The van der Waals surface area contributed by atoms with E-state index in [1.807, 2.05) is 42.5 Å². The van der Waals surface area contributed by atoms with E-state index < -0.39 is 5.60 Å². The van der Waals surface area contributed by atoms with Gasteiger partial charge in [-0.1, -0.05) is 47.6 Å². The number of hydrogen-bond donors (Lipinski definition) is 0. The second kappa shape index (κ2) is 7.70. The highest BCUT2D eigenvalue weighted by molar-refractivity contribution is 5.85. The Labute approximate surface area is 170 Å². The van der Waals surface area contributed by atoms with Gasteiger partial charge in [0.2, 0.25) is 5.89 Å². The number of aryl methyl sites for hydroxylation is 1. The summed E-state index contributed by atoms with van der Waals surface area (Å²) >= 11 is 0. The predicted molar refractivity (Wildman–Crippen MR) is 109 cm³/mol. The number of benzene rings is 2. The van der Waals surface area contributed by atoms with Gasteiger partial charge in [0.1, 0.15) is 11.8 Å². The smallest absolute Gasteiger partial charge is 0.266 e. The molecule has 1 fully saturated rings. The first kappa shape index (κ1) is 19.2. The minimum Gasteiger partial charge on any atom is -0.478 e. The Balaban J connectivity index is 1.48. The molecule has 1 saturated heterocycles. The van der Waals surface area contributed by atoms with Crippen LogP contribution in [0.5, 0.6) is 5.75 Å². The maximum Gasteiger partial charge on any atom is 0.266 e. The van der Waals surface area contributed by atoms with Gasteiger partial charge in [-0.3, -0.25) is 4.79 Å². The Morgan fingerprint density at radius 1 is 1.10 bits per heavy atom. The molecule has 1 atom stereocenters. The van der Waals surface area contributed by atoms with Crippen LogP contribution in [0.25, 0.3) is 11.1 Å². The molecule has 1 aliphatic heterocycles. The van der Waals surface area contributed by atoms with Gasteiger partial charge in [-0.05, 0) is 56.9 Å². The maximum absolute atomic E-state index is 13.3. The zero-order chi connectivity index (χ0) is 20.4. The van der Waals surface area contributed by atoms with E-state index in [-0.39, 0.29) is 11.9 Å². The number of likely N-dealkylation sites (tertiary alicyclic amines) is 1. The molecule has 150 valence electrons. The van der Waals surface area contributed by atoms with E-state index in [9.17, 15) is 4.79 Å². The lowest BCUT2D eigenvalue weighted by Crippen LogP contribution is -2.48. The predicted octanol–water partition coefficient (Wildman–Crippen LogP) is 4.57. The Kier molecular flexibility index (Phi) is 5.09. The third kappa shape index (κ3) is 4.01. The van der Waals surface area contributed by atoms with Crippen molar-refractivity contribution < 1.29 is 14.1 Å². The average Bonchev–Trinajstić information content (AvgIpc) is 3.37. The highest BCUT2D eigenvalue weighted by Crippen LogP contribution is 2.34. The van der Waals surface area contributed by atoms with Gasteiger partial charge in [0.25, 0.3) is 5.91 Å². The summed E-state index contributed by atoms with van der Waals surface area (Å²) < 4.78 is 11.4. The number of carbonyl (C=O) groups excluding carboxylic acids is 1. The first-order chi connectivity index (χ1) is 13.9. The maximum atomic E-state index is 13.3. The fraction of sp³-hybridized carbons (Fsp3) is 0.348. The minimum atomic E-state index is -1.01. The molecule has 6 heteroatoms. The Bertz CT molecular complexity index is 980.